The highest BCUT2D eigenvalue weighted by atomic mass is 16.6. The molecule has 0 bridgehead atoms. The van der Waals surface area contributed by atoms with E-state index in [9.17, 15) is 4.79 Å². The second-order valence-corrected chi connectivity index (χ2v) is 11.0. The minimum absolute atomic E-state index is 0.0839. The summed E-state index contributed by atoms with van der Waals surface area (Å²) >= 11 is 0. The molecule has 0 unspecified atom stereocenters. The van der Waals surface area contributed by atoms with Gasteiger partial charge in [-0.3, -0.25) is 4.79 Å². The molecule has 0 rings (SSSR count). The van der Waals surface area contributed by atoms with Gasteiger partial charge in [0.25, 0.3) is 0 Å². The molecule has 0 aromatic rings. The minimum atomic E-state index is -0.0839. The van der Waals surface area contributed by atoms with E-state index >= 15 is 0 Å². The van der Waals surface area contributed by atoms with Gasteiger partial charge in [-0.25, -0.2) is 0 Å². The maximum atomic E-state index is 11.8. The number of esters is 1. The Morgan fingerprint density at radius 3 is 1.14 bits per heavy atom. The van der Waals surface area contributed by atoms with E-state index in [4.69, 9.17) is 14.2 Å². The quantitative estimate of drug-likeness (QED) is 0.0646. The lowest BCUT2D eigenvalue weighted by Crippen LogP contribution is -2.13. The lowest BCUT2D eigenvalue weighted by molar-refractivity contribution is -0.145. The van der Waals surface area contributed by atoms with Crippen LogP contribution in [0.15, 0.2) is 0 Å². The lowest BCUT2D eigenvalue weighted by atomic mass is 10.0. The van der Waals surface area contributed by atoms with Crippen LogP contribution in [0.5, 0.6) is 0 Å². The van der Waals surface area contributed by atoms with Gasteiger partial charge in [0.2, 0.25) is 0 Å². The van der Waals surface area contributed by atoms with Crippen LogP contribution in [0.3, 0.4) is 0 Å². The molecule has 0 amide bonds. The predicted octanol–water partition coefficient (Wildman–Crippen LogP) is 10.4. The average Bonchev–Trinajstić information content (AvgIpc) is 2.90. The van der Waals surface area contributed by atoms with E-state index in [1.807, 2.05) is 0 Å². The Balaban J connectivity index is 3.13. The summed E-state index contributed by atoms with van der Waals surface area (Å²) in [6, 6.07) is 0. The molecule has 0 aliphatic rings. The van der Waals surface area contributed by atoms with Gasteiger partial charge in [-0.05, 0) is 12.8 Å². The smallest absolute Gasteiger partial charge is 0.305 e. The van der Waals surface area contributed by atoms with Crippen molar-refractivity contribution in [2.45, 2.75) is 174 Å². The number of hydrogen-bond acceptors (Lipinski definition) is 4. The lowest BCUT2D eigenvalue weighted by Gasteiger charge is -2.07. The number of hydrogen-bond donors (Lipinski definition) is 0. The molecule has 0 heterocycles. The number of rotatable bonds is 32. The Morgan fingerprint density at radius 2 is 0.703 bits per heavy atom. The van der Waals surface area contributed by atoms with E-state index in [0.717, 1.165) is 25.9 Å². The first-order valence-corrected chi connectivity index (χ1v) is 16.6. The number of carbonyl (C=O) groups is 1. The Labute approximate surface area is 232 Å². The van der Waals surface area contributed by atoms with Crippen molar-refractivity contribution in [2.24, 2.45) is 0 Å². The molecule has 0 saturated heterocycles. The summed E-state index contributed by atoms with van der Waals surface area (Å²) in [6.45, 7) is 7.41. The van der Waals surface area contributed by atoms with E-state index in [2.05, 4.69) is 13.8 Å². The summed E-state index contributed by atoms with van der Waals surface area (Å²) in [7, 11) is 0. The van der Waals surface area contributed by atoms with Crippen LogP contribution >= 0.6 is 0 Å². The summed E-state index contributed by atoms with van der Waals surface area (Å²) in [4.78, 5) is 11.8. The van der Waals surface area contributed by atoms with Gasteiger partial charge in [0.05, 0.1) is 19.8 Å². The van der Waals surface area contributed by atoms with Crippen molar-refractivity contribution in [3.63, 3.8) is 0 Å². The van der Waals surface area contributed by atoms with Crippen molar-refractivity contribution in [1.29, 1.82) is 0 Å². The van der Waals surface area contributed by atoms with E-state index in [-0.39, 0.29) is 5.97 Å². The van der Waals surface area contributed by atoms with Crippen molar-refractivity contribution in [2.75, 3.05) is 33.0 Å². The van der Waals surface area contributed by atoms with Crippen LogP contribution in [0.25, 0.3) is 0 Å². The van der Waals surface area contributed by atoms with Crippen LogP contribution in [-0.2, 0) is 19.0 Å². The van der Waals surface area contributed by atoms with Crippen molar-refractivity contribution in [1.82, 2.24) is 0 Å². The summed E-state index contributed by atoms with van der Waals surface area (Å²) in [6.07, 6.45) is 32.6. The highest BCUT2D eigenvalue weighted by Crippen LogP contribution is 2.13. The van der Waals surface area contributed by atoms with Gasteiger partial charge in [-0.1, -0.05) is 155 Å². The first-order chi connectivity index (χ1) is 18.3. The Hall–Kier alpha value is -0.610. The van der Waals surface area contributed by atoms with Gasteiger partial charge < -0.3 is 14.2 Å². The highest BCUT2D eigenvalue weighted by Gasteiger charge is 2.03. The third-order valence-electron chi connectivity index (χ3n) is 7.24. The SMILES string of the molecule is CCCCCCCCCCCCCCCC(=O)OCCOCCOCCCCCCCCCCCCC. The zero-order chi connectivity index (χ0) is 26.9. The standard InChI is InChI=1S/C33H66O4/c1-3-5-7-9-11-13-15-16-17-19-21-23-25-27-33(34)37-32-31-36-30-29-35-28-26-24-22-20-18-14-12-10-8-6-4-2/h3-32H2,1-2H3. The third-order valence-corrected chi connectivity index (χ3v) is 7.24. The van der Waals surface area contributed by atoms with Crippen molar-refractivity contribution >= 4 is 5.97 Å². The fourth-order valence-electron chi connectivity index (χ4n) is 4.76. The monoisotopic (exact) mass is 526 g/mol. The zero-order valence-electron chi connectivity index (χ0n) is 25.3. The van der Waals surface area contributed by atoms with E-state index in [1.165, 1.54) is 135 Å². The molecule has 0 saturated carbocycles. The molecule has 0 fully saturated rings. The molecule has 0 atom stereocenters. The Bertz CT molecular complexity index is 427. The van der Waals surface area contributed by atoms with E-state index in [1.54, 1.807) is 0 Å². The minimum Gasteiger partial charge on any atom is -0.463 e. The molecule has 222 valence electrons. The van der Waals surface area contributed by atoms with Gasteiger partial charge in [-0.15, -0.1) is 0 Å². The largest absolute Gasteiger partial charge is 0.463 e. The summed E-state index contributed by atoms with van der Waals surface area (Å²) in [5.74, 6) is -0.0839. The zero-order valence-corrected chi connectivity index (χ0v) is 25.3. The van der Waals surface area contributed by atoms with Gasteiger partial charge in [-0.2, -0.15) is 0 Å². The van der Waals surface area contributed by atoms with Crippen LogP contribution in [0.4, 0.5) is 0 Å². The topological polar surface area (TPSA) is 44.8 Å². The molecule has 0 spiro atoms. The van der Waals surface area contributed by atoms with Crippen LogP contribution < -0.4 is 0 Å². The van der Waals surface area contributed by atoms with Crippen LogP contribution in [-0.4, -0.2) is 39.0 Å². The number of ether oxygens (including phenoxy) is 3. The van der Waals surface area contributed by atoms with E-state index in [0.29, 0.717) is 32.8 Å². The van der Waals surface area contributed by atoms with Gasteiger partial charge >= 0.3 is 5.97 Å². The molecule has 0 aliphatic carbocycles. The summed E-state index contributed by atoms with van der Waals surface area (Å²) < 4.78 is 16.4. The van der Waals surface area contributed by atoms with Crippen LogP contribution in [0.1, 0.15) is 174 Å². The first kappa shape index (κ1) is 36.4. The molecule has 0 aromatic heterocycles. The second-order valence-electron chi connectivity index (χ2n) is 11.0. The molecule has 4 nitrogen and oxygen atoms in total. The molecule has 37 heavy (non-hydrogen) atoms. The number of unbranched alkanes of at least 4 members (excludes halogenated alkanes) is 22. The third kappa shape index (κ3) is 33.4. The summed E-state index contributed by atoms with van der Waals surface area (Å²) in [5.41, 5.74) is 0. The summed E-state index contributed by atoms with van der Waals surface area (Å²) in [5, 5.41) is 0. The van der Waals surface area contributed by atoms with Crippen molar-refractivity contribution in [3.05, 3.63) is 0 Å². The normalized spacial score (nSPS) is 11.3. The molecular weight excluding hydrogens is 460 g/mol. The van der Waals surface area contributed by atoms with Crippen LogP contribution in [0, 0.1) is 0 Å². The molecule has 0 aliphatic heterocycles. The maximum absolute atomic E-state index is 11.8. The Kier molecular flexibility index (Phi) is 32.9. The highest BCUT2D eigenvalue weighted by molar-refractivity contribution is 5.69. The Morgan fingerprint density at radius 1 is 0.378 bits per heavy atom. The van der Waals surface area contributed by atoms with Crippen molar-refractivity contribution in [3.8, 4) is 0 Å². The predicted molar refractivity (Wildman–Crippen MR) is 159 cm³/mol. The first-order valence-electron chi connectivity index (χ1n) is 16.6. The fourth-order valence-corrected chi connectivity index (χ4v) is 4.76. The molecular formula is C33H66O4. The van der Waals surface area contributed by atoms with Gasteiger partial charge in [0.15, 0.2) is 0 Å². The molecule has 0 N–H and O–H groups in total. The average molecular weight is 527 g/mol. The maximum Gasteiger partial charge on any atom is 0.305 e. The molecule has 0 aromatic carbocycles. The second kappa shape index (κ2) is 33.4. The van der Waals surface area contributed by atoms with Crippen molar-refractivity contribution < 1.29 is 19.0 Å². The molecule has 4 heteroatoms. The van der Waals surface area contributed by atoms with Gasteiger partial charge in [0, 0.05) is 13.0 Å². The van der Waals surface area contributed by atoms with Crippen LogP contribution in [0.2, 0.25) is 0 Å². The van der Waals surface area contributed by atoms with E-state index < -0.39 is 0 Å². The van der Waals surface area contributed by atoms with Gasteiger partial charge in [0.1, 0.15) is 6.61 Å². The number of carbonyl (C=O) groups excluding carboxylic acids is 1. The fraction of sp³-hybridized carbons (Fsp3) is 0.970. The molecule has 0 radical (unpaired) electrons.